The fourth-order valence-electron chi connectivity index (χ4n) is 1.07. The van der Waals surface area contributed by atoms with E-state index >= 15 is 0 Å². The molecule has 0 heterocycles. The molecule has 14 heavy (non-hydrogen) atoms. The van der Waals surface area contributed by atoms with Crippen molar-refractivity contribution in [3.8, 4) is 0 Å². The fourth-order valence-corrected chi connectivity index (χ4v) is 2.18. The third kappa shape index (κ3) is 2.56. The second kappa shape index (κ2) is 4.23. The predicted molar refractivity (Wildman–Crippen MR) is 56.1 cm³/mol. The Hall–Kier alpha value is -1.36. The molecule has 0 aromatic heterocycles. The molecule has 0 fully saturated rings. The molecular formula is C9H12N2O2S. The van der Waals surface area contributed by atoms with Crippen molar-refractivity contribution in [2.75, 3.05) is 11.5 Å². The van der Waals surface area contributed by atoms with Gasteiger partial charge >= 0.3 is 0 Å². The lowest BCUT2D eigenvalue weighted by molar-refractivity contribution is -0.115. The van der Waals surface area contributed by atoms with Crippen molar-refractivity contribution < 1.29 is 9.00 Å². The minimum absolute atomic E-state index is 0.162. The summed E-state index contributed by atoms with van der Waals surface area (Å²) in [7, 11) is -1.39. The Balaban J connectivity index is 3.00. The molecule has 0 saturated heterocycles. The average molecular weight is 212 g/mol. The molecular weight excluding hydrogens is 200 g/mol. The first-order chi connectivity index (χ1) is 6.50. The molecule has 0 bridgehead atoms. The summed E-state index contributed by atoms with van der Waals surface area (Å²) in [4.78, 5) is 11.2. The lowest BCUT2D eigenvalue weighted by atomic mass is 10.2. The SMILES string of the molecule is Cc1ccc(N)cc1S(=O)CC(N)=O. The molecule has 1 rings (SSSR count). The van der Waals surface area contributed by atoms with E-state index in [1.54, 1.807) is 18.2 Å². The van der Waals surface area contributed by atoms with Crippen molar-refractivity contribution >= 4 is 22.4 Å². The van der Waals surface area contributed by atoms with Gasteiger partial charge in [0, 0.05) is 10.6 Å². The van der Waals surface area contributed by atoms with Crippen LogP contribution in [0, 0.1) is 6.92 Å². The molecule has 1 unspecified atom stereocenters. The molecule has 1 aromatic carbocycles. The lowest BCUT2D eigenvalue weighted by Crippen LogP contribution is -2.19. The van der Waals surface area contributed by atoms with Crippen molar-refractivity contribution in [1.29, 1.82) is 0 Å². The Bertz CT molecular complexity index is 390. The summed E-state index contributed by atoms with van der Waals surface area (Å²) in [5, 5.41) is 0. The molecule has 0 saturated carbocycles. The van der Waals surface area contributed by atoms with Crippen LogP contribution in [-0.2, 0) is 15.6 Å². The number of hydrogen-bond donors (Lipinski definition) is 2. The number of carbonyl (C=O) groups is 1. The number of hydrogen-bond acceptors (Lipinski definition) is 3. The van der Waals surface area contributed by atoms with E-state index in [4.69, 9.17) is 11.5 Å². The van der Waals surface area contributed by atoms with Crippen molar-refractivity contribution in [2.24, 2.45) is 5.73 Å². The highest BCUT2D eigenvalue weighted by Crippen LogP contribution is 2.16. The van der Waals surface area contributed by atoms with Crippen LogP contribution in [0.25, 0.3) is 0 Å². The van der Waals surface area contributed by atoms with Crippen LogP contribution in [0.1, 0.15) is 5.56 Å². The third-order valence-electron chi connectivity index (χ3n) is 1.73. The van der Waals surface area contributed by atoms with E-state index in [0.717, 1.165) is 5.56 Å². The van der Waals surface area contributed by atoms with Gasteiger partial charge in [-0.3, -0.25) is 9.00 Å². The molecule has 0 aliphatic heterocycles. The van der Waals surface area contributed by atoms with Crippen molar-refractivity contribution in [2.45, 2.75) is 11.8 Å². The highest BCUT2D eigenvalue weighted by atomic mass is 32.2. The van der Waals surface area contributed by atoms with E-state index in [2.05, 4.69) is 0 Å². The van der Waals surface area contributed by atoms with Crippen LogP contribution < -0.4 is 11.5 Å². The molecule has 1 amide bonds. The number of primary amides is 1. The zero-order valence-electron chi connectivity index (χ0n) is 7.82. The van der Waals surface area contributed by atoms with Gasteiger partial charge in [-0.2, -0.15) is 0 Å². The Labute approximate surface area is 84.7 Å². The van der Waals surface area contributed by atoms with Crippen LogP contribution in [0.4, 0.5) is 5.69 Å². The Kier molecular flexibility index (Phi) is 3.24. The van der Waals surface area contributed by atoms with Gasteiger partial charge in [-0.25, -0.2) is 0 Å². The highest BCUT2D eigenvalue weighted by molar-refractivity contribution is 7.85. The maximum absolute atomic E-state index is 11.6. The van der Waals surface area contributed by atoms with E-state index < -0.39 is 16.7 Å². The Morgan fingerprint density at radius 3 is 2.71 bits per heavy atom. The molecule has 1 atom stereocenters. The van der Waals surface area contributed by atoms with Crippen molar-refractivity contribution in [3.05, 3.63) is 23.8 Å². The molecule has 5 heteroatoms. The number of benzene rings is 1. The summed E-state index contributed by atoms with van der Waals surface area (Å²) in [6, 6.07) is 5.10. The van der Waals surface area contributed by atoms with Gasteiger partial charge in [0.2, 0.25) is 5.91 Å². The van der Waals surface area contributed by atoms with E-state index in [1.165, 1.54) is 0 Å². The number of nitrogens with two attached hydrogens (primary N) is 2. The second-order valence-electron chi connectivity index (χ2n) is 2.98. The number of aryl methyl sites for hydroxylation is 1. The van der Waals surface area contributed by atoms with Crippen molar-refractivity contribution in [3.63, 3.8) is 0 Å². The third-order valence-corrected chi connectivity index (χ3v) is 3.21. The maximum atomic E-state index is 11.6. The minimum atomic E-state index is -1.39. The second-order valence-corrected chi connectivity index (χ2v) is 4.40. The van der Waals surface area contributed by atoms with Gasteiger partial charge in [0.05, 0.1) is 10.8 Å². The zero-order chi connectivity index (χ0) is 10.7. The Morgan fingerprint density at radius 2 is 2.14 bits per heavy atom. The van der Waals surface area contributed by atoms with E-state index in [-0.39, 0.29) is 5.75 Å². The van der Waals surface area contributed by atoms with Gasteiger partial charge in [-0.1, -0.05) is 6.07 Å². The summed E-state index contributed by atoms with van der Waals surface area (Å²) in [5.74, 6) is -0.741. The summed E-state index contributed by atoms with van der Waals surface area (Å²) < 4.78 is 11.6. The smallest absolute Gasteiger partial charge is 0.230 e. The van der Waals surface area contributed by atoms with Gasteiger partial charge in [0.15, 0.2) is 0 Å². The molecule has 4 nitrogen and oxygen atoms in total. The Morgan fingerprint density at radius 1 is 1.50 bits per heavy atom. The number of rotatable bonds is 3. The largest absolute Gasteiger partial charge is 0.399 e. The highest BCUT2D eigenvalue weighted by Gasteiger charge is 2.10. The van der Waals surface area contributed by atoms with Gasteiger partial charge < -0.3 is 11.5 Å². The van der Waals surface area contributed by atoms with E-state index in [9.17, 15) is 9.00 Å². The topological polar surface area (TPSA) is 86.2 Å². The van der Waals surface area contributed by atoms with Crippen LogP contribution in [0.3, 0.4) is 0 Å². The zero-order valence-corrected chi connectivity index (χ0v) is 8.64. The van der Waals surface area contributed by atoms with Gasteiger partial charge in [-0.15, -0.1) is 0 Å². The number of amides is 1. The molecule has 76 valence electrons. The standard InChI is InChI=1S/C9H12N2O2S/c1-6-2-3-7(10)4-8(6)14(13)5-9(11)12/h2-4H,5,10H2,1H3,(H2,11,12). The lowest BCUT2D eigenvalue weighted by Gasteiger charge is -2.05. The minimum Gasteiger partial charge on any atom is -0.399 e. The first-order valence-corrected chi connectivity index (χ1v) is 5.35. The van der Waals surface area contributed by atoms with Crippen LogP contribution in [0.15, 0.2) is 23.1 Å². The van der Waals surface area contributed by atoms with Crippen LogP contribution in [0.2, 0.25) is 0 Å². The van der Waals surface area contributed by atoms with E-state index in [0.29, 0.717) is 10.6 Å². The number of anilines is 1. The maximum Gasteiger partial charge on any atom is 0.230 e. The summed E-state index contributed by atoms with van der Waals surface area (Å²) in [6.45, 7) is 1.81. The van der Waals surface area contributed by atoms with E-state index in [1.807, 2.05) is 6.92 Å². The number of carbonyl (C=O) groups excluding carboxylic acids is 1. The molecule has 0 radical (unpaired) electrons. The van der Waals surface area contributed by atoms with Crippen LogP contribution in [0.5, 0.6) is 0 Å². The first-order valence-electron chi connectivity index (χ1n) is 4.03. The van der Waals surface area contributed by atoms with Crippen LogP contribution >= 0.6 is 0 Å². The van der Waals surface area contributed by atoms with Gasteiger partial charge in [-0.05, 0) is 24.6 Å². The molecule has 4 N–H and O–H groups in total. The first kappa shape index (κ1) is 10.7. The molecule has 0 aliphatic rings. The summed E-state index contributed by atoms with van der Waals surface area (Å²) in [5.41, 5.74) is 11.9. The summed E-state index contributed by atoms with van der Waals surface area (Å²) in [6.07, 6.45) is 0. The van der Waals surface area contributed by atoms with Crippen LogP contribution in [-0.4, -0.2) is 15.9 Å². The average Bonchev–Trinajstić information content (AvgIpc) is 2.08. The quantitative estimate of drug-likeness (QED) is 0.700. The fraction of sp³-hybridized carbons (Fsp3) is 0.222. The number of nitrogen functional groups attached to an aromatic ring is 1. The predicted octanol–water partition coefficient (Wildman–Crippen LogP) is 0.170. The molecule has 1 aromatic rings. The molecule has 0 spiro atoms. The molecule has 0 aliphatic carbocycles. The van der Waals surface area contributed by atoms with Gasteiger partial charge in [0.1, 0.15) is 5.75 Å². The monoisotopic (exact) mass is 212 g/mol. The van der Waals surface area contributed by atoms with Gasteiger partial charge in [0.25, 0.3) is 0 Å². The van der Waals surface area contributed by atoms with Crippen molar-refractivity contribution in [1.82, 2.24) is 0 Å². The summed E-state index contributed by atoms with van der Waals surface area (Å²) >= 11 is 0. The normalized spacial score (nSPS) is 12.4.